The lowest BCUT2D eigenvalue weighted by atomic mass is 10.4. The van der Waals surface area contributed by atoms with Gasteiger partial charge in [-0.2, -0.15) is 4.98 Å². The minimum atomic E-state index is -0.0109. The van der Waals surface area contributed by atoms with E-state index in [4.69, 9.17) is 11.6 Å². The van der Waals surface area contributed by atoms with Crippen LogP contribution >= 0.6 is 11.6 Å². The fourth-order valence-electron chi connectivity index (χ4n) is 1.69. The summed E-state index contributed by atoms with van der Waals surface area (Å²) in [5.74, 6) is 1.08. The Morgan fingerprint density at radius 2 is 2.41 bits per heavy atom. The van der Waals surface area contributed by atoms with Gasteiger partial charge in [-0.3, -0.25) is 4.79 Å². The van der Waals surface area contributed by atoms with Crippen LogP contribution in [0.1, 0.15) is 6.42 Å². The number of amides is 1. The Balaban J connectivity index is 2.27. The van der Waals surface area contributed by atoms with E-state index >= 15 is 0 Å². The Hall–Kier alpha value is -1.56. The summed E-state index contributed by atoms with van der Waals surface area (Å²) < 4.78 is 0. The van der Waals surface area contributed by atoms with Crippen LogP contribution in [0.15, 0.2) is 6.20 Å². The second kappa shape index (κ2) is 5.18. The van der Waals surface area contributed by atoms with Gasteiger partial charge in [0.25, 0.3) is 0 Å². The molecule has 0 radical (unpaired) electrons. The summed E-state index contributed by atoms with van der Waals surface area (Å²) in [7, 11) is 1.74. The van der Waals surface area contributed by atoms with Crippen LogP contribution in [-0.4, -0.2) is 42.6 Å². The standard InChI is InChI=1S/C10H14ClN5O/c1-12-10-14-5-7(11)9(15-10)16-4-2-3-13-8(17)6-16/h5H,2-4,6H2,1H3,(H,13,17)(H,12,14,15). The number of nitrogens with zero attached hydrogens (tertiary/aromatic N) is 3. The van der Waals surface area contributed by atoms with Crippen molar-refractivity contribution in [3.05, 3.63) is 11.2 Å². The molecule has 1 aromatic heterocycles. The second-order valence-electron chi connectivity index (χ2n) is 3.74. The topological polar surface area (TPSA) is 70.2 Å². The average molecular weight is 256 g/mol. The molecule has 2 N–H and O–H groups in total. The molecular weight excluding hydrogens is 242 g/mol. The number of nitrogens with one attached hydrogen (secondary N) is 2. The van der Waals surface area contributed by atoms with Crippen LogP contribution in [0.2, 0.25) is 5.02 Å². The zero-order valence-corrected chi connectivity index (χ0v) is 10.3. The molecule has 2 rings (SSSR count). The normalized spacial score (nSPS) is 16.4. The van der Waals surface area contributed by atoms with Crippen molar-refractivity contribution >= 4 is 29.3 Å². The lowest BCUT2D eigenvalue weighted by Crippen LogP contribution is -2.33. The van der Waals surface area contributed by atoms with E-state index in [1.807, 2.05) is 4.90 Å². The molecule has 92 valence electrons. The van der Waals surface area contributed by atoms with Gasteiger partial charge in [0.05, 0.1) is 12.7 Å². The third-order valence-electron chi connectivity index (χ3n) is 2.51. The van der Waals surface area contributed by atoms with E-state index in [-0.39, 0.29) is 12.5 Å². The maximum atomic E-state index is 11.5. The van der Waals surface area contributed by atoms with Crippen molar-refractivity contribution in [1.82, 2.24) is 15.3 Å². The zero-order chi connectivity index (χ0) is 12.3. The van der Waals surface area contributed by atoms with Gasteiger partial charge in [-0.25, -0.2) is 4.98 Å². The van der Waals surface area contributed by atoms with Crippen LogP contribution in [0.4, 0.5) is 11.8 Å². The first kappa shape index (κ1) is 11.9. The Morgan fingerprint density at radius 1 is 1.59 bits per heavy atom. The molecule has 0 aliphatic carbocycles. The molecule has 6 nitrogen and oxygen atoms in total. The minimum Gasteiger partial charge on any atom is -0.357 e. The molecule has 0 aromatic carbocycles. The summed E-state index contributed by atoms with van der Waals surface area (Å²) in [6.45, 7) is 1.72. The van der Waals surface area contributed by atoms with Gasteiger partial charge in [0.1, 0.15) is 5.02 Å². The average Bonchev–Trinajstić information content (AvgIpc) is 2.54. The van der Waals surface area contributed by atoms with Gasteiger partial charge in [0, 0.05) is 20.1 Å². The second-order valence-corrected chi connectivity index (χ2v) is 4.15. The number of anilines is 2. The van der Waals surface area contributed by atoms with Crippen molar-refractivity contribution in [2.75, 3.05) is 36.9 Å². The first-order chi connectivity index (χ1) is 8.20. The first-order valence-corrected chi connectivity index (χ1v) is 5.80. The van der Waals surface area contributed by atoms with Gasteiger partial charge in [0.15, 0.2) is 5.82 Å². The molecule has 0 bridgehead atoms. The quantitative estimate of drug-likeness (QED) is 0.805. The maximum absolute atomic E-state index is 11.5. The van der Waals surface area contributed by atoms with E-state index < -0.39 is 0 Å². The molecule has 1 aromatic rings. The van der Waals surface area contributed by atoms with Crippen LogP contribution < -0.4 is 15.5 Å². The monoisotopic (exact) mass is 255 g/mol. The molecule has 17 heavy (non-hydrogen) atoms. The number of carbonyl (C=O) groups excluding carboxylic acids is 1. The summed E-state index contributed by atoms with van der Waals surface area (Å²) in [5.41, 5.74) is 0. The summed E-state index contributed by atoms with van der Waals surface area (Å²) in [6, 6.07) is 0. The van der Waals surface area contributed by atoms with Crippen molar-refractivity contribution < 1.29 is 4.79 Å². The van der Waals surface area contributed by atoms with E-state index in [0.29, 0.717) is 23.3 Å². The van der Waals surface area contributed by atoms with Crippen LogP contribution in [0.25, 0.3) is 0 Å². The summed E-state index contributed by atoms with van der Waals surface area (Å²) in [4.78, 5) is 21.6. The van der Waals surface area contributed by atoms with Crippen molar-refractivity contribution in [2.24, 2.45) is 0 Å². The zero-order valence-electron chi connectivity index (χ0n) is 9.53. The highest BCUT2D eigenvalue weighted by molar-refractivity contribution is 6.32. The number of halogens is 1. The molecule has 1 amide bonds. The number of hydrogen-bond acceptors (Lipinski definition) is 5. The van der Waals surface area contributed by atoms with E-state index in [0.717, 1.165) is 13.0 Å². The fraction of sp³-hybridized carbons (Fsp3) is 0.500. The molecule has 1 aliphatic rings. The van der Waals surface area contributed by atoms with Gasteiger partial charge in [-0.05, 0) is 6.42 Å². The maximum Gasteiger partial charge on any atom is 0.239 e. The highest BCUT2D eigenvalue weighted by atomic mass is 35.5. The SMILES string of the molecule is CNc1ncc(Cl)c(N2CCCNC(=O)C2)n1. The van der Waals surface area contributed by atoms with E-state index in [1.165, 1.54) is 0 Å². The number of hydrogen-bond donors (Lipinski definition) is 2. The molecule has 2 heterocycles. The van der Waals surface area contributed by atoms with E-state index in [1.54, 1.807) is 13.2 Å². The van der Waals surface area contributed by atoms with Gasteiger partial charge in [-0.1, -0.05) is 11.6 Å². The molecule has 0 saturated carbocycles. The van der Waals surface area contributed by atoms with Crippen LogP contribution in [0.3, 0.4) is 0 Å². The van der Waals surface area contributed by atoms with Crippen molar-refractivity contribution in [3.8, 4) is 0 Å². The first-order valence-electron chi connectivity index (χ1n) is 5.42. The molecule has 1 fully saturated rings. The van der Waals surface area contributed by atoms with Crippen molar-refractivity contribution in [3.63, 3.8) is 0 Å². The third-order valence-corrected chi connectivity index (χ3v) is 2.78. The summed E-state index contributed by atoms with van der Waals surface area (Å²) in [5, 5.41) is 6.12. The largest absolute Gasteiger partial charge is 0.357 e. The smallest absolute Gasteiger partial charge is 0.239 e. The Bertz CT molecular complexity index is 425. The van der Waals surface area contributed by atoms with Gasteiger partial charge in [0.2, 0.25) is 11.9 Å². The predicted octanol–water partition coefficient (Wildman–Crippen LogP) is 0.498. The van der Waals surface area contributed by atoms with Crippen molar-refractivity contribution in [2.45, 2.75) is 6.42 Å². The summed E-state index contributed by atoms with van der Waals surface area (Å²) >= 11 is 6.06. The van der Waals surface area contributed by atoms with Crippen LogP contribution in [0, 0.1) is 0 Å². The number of rotatable bonds is 2. The van der Waals surface area contributed by atoms with E-state index in [2.05, 4.69) is 20.6 Å². The Kier molecular flexibility index (Phi) is 3.63. The molecule has 0 unspecified atom stereocenters. The van der Waals surface area contributed by atoms with Crippen LogP contribution in [-0.2, 0) is 4.79 Å². The number of carbonyl (C=O) groups is 1. The van der Waals surface area contributed by atoms with E-state index in [9.17, 15) is 4.79 Å². The molecular formula is C10H14ClN5O. The molecule has 1 saturated heterocycles. The lowest BCUT2D eigenvalue weighted by molar-refractivity contribution is -0.119. The van der Waals surface area contributed by atoms with Gasteiger partial charge in [-0.15, -0.1) is 0 Å². The number of aromatic nitrogens is 2. The predicted molar refractivity (Wildman–Crippen MR) is 66.4 cm³/mol. The lowest BCUT2D eigenvalue weighted by Gasteiger charge is -2.21. The van der Waals surface area contributed by atoms with Crippen molar-refractivity contribution in [1.29, 1.82) is 0 Å². The molecule has 0 atom stereocenters. The fourth-order valence-corrected chi connectivity index (χ4v) is 1.90. The highest BCUT2D eigenvalue weighted by Gasteiger charge is 2.19. The van der Waals surface area contributed by atoms with Gasteiger partial charge >= 0.3 is 0 Å². The minimum absolute atomic E-state index is 0.0109. The Labute approximate surface area is 104 Å². The molecule has 7 heteroatoms. The highest BCUT2D eigenvalue weighted by Crippen LogP contribution is 2.24. The third kappa shape index (κ3) is 2.76. The van der Waals surface area contributed by atoms with Gasteiger partial charge < -0.3 is 15.5 Å². The Morgan fingerprint density at radius 3 is 3.18 bits per heavy atom. The molecule has 0 spiro atoms. The summed E-state index contributed by atoms with van der Waals surface area (Å²) in [6.07, 6.45) is 2.42. The molecule has 1 aliphatic heterocycles. The van der Waals surface area contributed by atoms with Crippen LogP contribution in [0.5, 0.6) is 0 Å².